The Kier molecular flexibility index (Phi) is 5.31. The van der Waals surface area contributed by atoms with Gasteiger partial charge in [0.1, 0.15) is 0 Å². The van der Waals surface area contributed by atoms with Crippen LogP contribution in [-0.2, 0) is 5.41 Å². The first-order chi connectivity index (χ1) is 25.3. The molecule has 0 fully saturated rings. The molecule has 0 atom stereocenters. The molecule has 238 valence electrons. The minimum Gasteiger partial charge on any atom is -0.354 e. The summed E-state index contributed by atoms with van der Waals surface area (Å²) >= 11 is 0. The van der Waals surface area contributed by atoms with Gasteiger partial charge in [-0.15, -0.1) is 0 Å². The van der Waals surface area contributed by atoms with E-state index in [4.69, 9.17) is 0 Å². The third-order valence-corrected chi connectivity index (χ3v) is 12.0. The lowest BCUT2D eigenvalue weighted by Gasteiger charge is -2.30. The van der Waals surface area contributed by atoms with Crippen molar-refractivity contribution in [2.45, 2.75) is 18.3 Å². The summed E-state index contributed by atoms with van der Waals surface area (Å²) in [5.74, 6) is 0. The Bertz CT molecular complexity index is 2990. The van der Waals surface area contributed by atoms with Gasteiger partial charge in [-0.05, 0) is 99.3 Å². The molecular formula is C49H32N2. The molecule has 9 aromatic rings. The minimum absolute atomic E-state index is 0.339. The fourth-order valence-corrected chi connectivity index (χ4v) is 9.97. The maximum absolute atomic E-state index is 3.93. The fourth-order valence-electron chi connectivity index (χ4n) is 9.97. The van der Waals surface area contributed by atoms with Crippen molar-refractivity contribution in [2.75, 3.05) is 0 Å². The second-order valence-electron chi connectivity index (χ2n) is 14.4. The monoisotopic (exact) mass is 648 g/mol. The highest BCUT2D eigenvalue weighted by molar-refractivity contribution is 6.16. The molecule has 2 heterocycles. The summed E-state index contributed by atoms with van der Waals surface area (Å²) in [6, 6.07) is 54.8. The molecule has 7 aromatic carbocycles. The van der Waals surface area contributed by atoms with E-state index in [1.54, 1.807) is 0 Å². The molecular weight excluding hydrogens is 617 g/mol. The normalized spacial score (nSPS) is 15.1. The number of H-pyrrole nitrogens is 1. The largest absolute Gasteiger partial charge is 0.354 e. The van der Waals surface area contributed by atoms with Gasteiger partial charge in [-0.3, -0.25) is 0 Å². The quantitative estimate of drug-likeness (QED) is 0.193. The molecule has 2 aromatic heterocycles. The SMILES string of the molecule is C1=CCCC(n2c3ccccc3c3cc(-c4ccc5[nH]c6c7c(ccc6c5c4)C4(c5ccccc5-c5ccccc54)c4ccccc4-7)ccc32)=C1. The molecule has 1 N–H and O–H groups in total. The van der Waals surface area contributed by atoms with Crippen molar-refractivity contribution >= 4 is 49.3 Å². The first kappa shape index (κ1) is 27.4. The molecule has 3 aliphatic rings. The second-order valence-corrected chi connectivity index (χ2v) is 14.4. The summed E-state index contributed by atoms with van der Waals surface area (Å²) in [6.45, 7) is 0. The third-order valence-electron chi connectivity index (χ3n) is 12.0. The van der Waals surface area contributed by atoms with Crippen molar-refractivity contribution in [3.05, 3.63) is 186 Å². The van der Waals surface area contributed by atoms with Crippen molar-refractivity contribution in [3.63, 3.8) is 0 Å². The zero-order valence-electron chi connectivity index (χ0n) is 27.9. The van der Waals surface area contributed by atoms with E-state index in [0.717, 1.165) is 12.8 Å². The van der Waals surface area contributed by atoms with Crippen LogP contribution >= 0.6 is 0 Å². The Balaban J connectivity index is 1.07. The standard InChI is InChI=1S/C49H32N2/c1-2-12-32(13-3-1)51-45-21-11-7-16-35(45)39-29-31(23-27-46(39)51)30-22-26-44-38(28-30)36-24-25-43-47(48(36)50-44)37-17-6-10-20-42(37)49(43)40-18-8-4-14-33(40)34-15-5-9-19-41(34)49/h1-2,4-12,14-29,50H,3,13H2. The van der Waals surface area contributed by atoms with Crippen LogP contribution in [0.15, 0.2) is 164 Å². The maximum Gasteiger partial charge on any atom is 0.0726 e. The summed E-state index contributed by atoms with van der Waals surface area (Å²) in [5.41, 5.74) is 19.2. The topological polar surface area (TPSA) is 20.7 Å². The average Bonchev–Trinajstić information content (AvgIpc) is 3.91. The van der Waals surface area contributed by atoms with Crippen molar-refractivity contribution in [3.8, 4) is 33.4 Å². The van der Waals surface area contributed by atoms with Crippen LogP contribution in [0, 0.1) is 0 Å². The van der Waals surface area contributed by atoms with Gasteiger partial charge in [-0.25, -0.2) is 0 Å². The van der Waals surface area contributed by atoms with Gasteiger partial charge in [-0.2, -0.15) is 0 Å². The fraction of sp³-hybridized carbons (Fsp3) is 0.0612. The minimum atomic E-state index is -0.339. The van der Waals surface area contributed by atoms with E-state index >= 15 is 0 Å². The predicted octanol–water partition coefficient (Wildman–Crippen LogP) is 12.6. The van der Waals surface area contributed by atoms with Gasteiger partial charge < -0.3 is 9.55 Å². The van der Waals surface area contributed by atoms with Crippen LogP contribution in [0.3, 0.4) is 0 Å². The molecule has 12 rings (SSSR count). The van der Waals surface area contributed by atoms with E-state index in [-0.39, 0.29) is 5.41 Å². The van der Waals surface area contributed by atoms with Crippen LogP contribution in [0.2, 0.25) is 0 Å². The summed E-state index contributed by atoms with van der Waals surface area (Å²) in [4.78, 5) is 3.93. The number of aromatic nitrogens is 2. The number of aromatic amines is 1. The van der Waals surface area contributed by atoms with E-state index < -0.39 is 0 Å². The van der Waals surface area contributed by atoms with E-state index in [1.165, 1.54) is 105 Å². The molecule has 0 amide bonds. The molecule has 2 heteroatoms. The van der Waals surface area contributed by atoms with Gasteiger partial charge in [0.05, 0.1) is 22.0 Å². The number of rotatable bonds is 2. The number of fused-ring (bicyclic) bond motifs is 17. The number of para-hydroxylation sites is 1. The smallest absolute Gasteiger partial charge is 0.0726 e. The van der Waals surface area contributed by atoms with Crippen molar-refractivity contribution in [1.29, 1.82) is 0 Å². The van der Waals surface area contributed by atoms with Gasteiger partial charge >= 0.3 is 0 Å². The van der Waals surface area contributed by atoms with Crippen LogP contribution in [0.5, 0.6) is 0 Å². The molecule has 3 aliphatic carbocycles. The van der Waals surface area contributed by atoms with Crippen LogP contribution < -0.4 is 0 Å². The Morgan fingerprint density at radius 2 is 1.16 bits per heavy atom. The van der Waals surface area contributed by atoms with E-state index in [9.17, 15) is 0 Å². The van der Waals surface area contributed by atoms with E-state index in [2.05, 4.69) is 173 Å². The summed E-state index contributed by atoms with van der Waals surface area (Å²) in [5, 5.41) is 5.13. The van der Waals surface area contributed by atoms with Gasteiger partial charge in [0, 0.05) is 38.3 Å². The zero-order chi connectivity index (χ0) is 33.3. The average molecular weight is 649 g/mol. The number of benzene rings is 7. The van der Waals surface area contributed by atoms with Gasteiger partial charge in [-0.1, -0.05) is 127 Å². The lowest BCUT2D eigenvalue weighted by Crippen LogP contribution is -2.25. The van der Waals surface area contributed by atoms with Crippen LogP contribution in [0.1, 0.15) is 35.1 Å². The number of hydrogen-bond acceptors (Lipinski definition) is 0. The highest BCUT2D eigenvalue weighted by atomic mass is 15.0. The van der Waals surface area contributed by atoms with E-state index in [1.807, 2.05) is 0 Å². The Morgan fingerprint density at radius 1 is 0.510 bits per heavy atom. The molecule has 1 spiro atoms. The third kappa shape index (κ3) is 3.42. The summed E-state index contributed by atoms with van der Waals surface area (Å²) < 4.78 is 2.47. The first-order valence-electron chi connectivity index (χ1n) is 18.1. The molecule has 51 heavy (non-hydrogen) atoms. The van der Waals surface area contributed by atoms with Gasteiger partial charge in [0.15, 0.2) is 0 Å². The summed E-state index contributed by atoms with van der Waals surface area (Å²) in [7, 11) is 0. The van der Waals surface area contributed by atoms with E-state index in [0.29, 0.717) is 0 Å². The predicted molar refractivity (Wildman–Crippen MR) is 213 cm³/mol. The number of nitrogens with zero attached hydrogens (tertiary/aromatic N) is 1. The first-order valence-corrected chi connectivity index (χ1v) is 18.1. The van der Waals surface area contributed by atoms with Crippen LogP contribution in [0.4, 0.5) is 0 Å². The zero-order valence-corrected chi connectivity index (χ0v) is 27.9. The highest BCUT2D eigenvalue weighted by Crippen LogP contribution is 2.63. The van der Waals surface area contributed by atoms with Crippen LogP contribution in [-0.4, -0.2) is 9.55 Å². The lowest BCUT2D eigenvalue weighted by atomic mass is 9.70. The van der Waals surface area contributed by atoms with Crippen molar-refractivity contribution in [2.24, 2.45) is 0 Å². The number of nitrogens with one attached hydrogen (secondary N) is 1. The molecule has 0 unspecified atom stereocenters. The van der Waals surface area contributed by atoms with Gasteiger partial charge in [0.2, 0.25) is 0 Å². The Labute approximate surface area is 295 Å². The molecule has 2 nitrogen and oxygen atoms in total. The number of hydrogen-bond donors (Lipinski definition) is 1. The van der Waals surface area contributed by atoms with Crippen LogP contribution in [0.25, 0.3) is 82.7 Å². The second kappa shape index (κ2) is 9.87. The highest BCUT2D eigenvalue weighted by Gasteiger charge is 2.52. The molecule has 0 aliphatic heterocycles. The number of allylic oxidation sites excluding steroid dienone is 4. The molecule has 0 saturated heterocycles. The molecule has 0 radical (unpaired) electrons. The molecule has 0 saturated carbocycles. The Morgan fingerprint density at radius 3 is 1.92 bits per heavy atom. The summed E-state index contributed by atoms with van der Waals surface area (Å²) in [6.07, 6.45) is 8.86. The van der Waals surface area contributed by atoms with Gasteiger partial charge in [0.25, 0.3) is 0 Å². The molecule has 0 bridgehead atoms. The lowest BCUT2D eigenvalue weighted by molar-refractivity contribution is 0.794. The van der Waals surface area contributed by atoms with Crippen molar-refractivity contribution < 1.29 is 0 Å². The van der Waals surface area contributed by atoms with Crippen molar-refractivity contribution in [1.82, 2.24) is 9.55 Å². The Hall–Kier alpha value is -6.38. The maximum atomic E-state index is 3.93.